The molecule has 3 rings (SSSR count). The van der Waals surface area contributed by atoms with Crippen molar-refractivity contribution in [3.05, 3.63) is 65.0 Å². The lowest BCUT2D eigenvalue weighted by molar-refractivity contribution is -0.115. The summed E-state index contributed by atoms with van der Waals surface area (Å²) < 4.78 is 45.1. The van der Waals surface area contributed by atoms with Gasteiger partial charge in [0.05, 0.1) is 25.4 Å². The molecule has 31 heavy (non-hydrogen) atoms. The van der Waals surface area contributed by atoms with Gasteiger partial charge in [0.15, 0.2) is 17.5 Å². The Morgan fingerprint density at radius 2 is 1.65 bits per heavy atom. The topological polar surface area (TPSA) is 82.7 Å². The highest BCUT2D eigenvalue weighted by molar-refractivity contribution is 5.94. The summed E-state index contributed by atoms with van der Waals surface area (Å²) in [5, 5.41) is 7.09. The van der Waals surface area contributed by atoms with Crippen molar-refractivity contribution in [3.63, 3.8) is 0 Å². The van der Waals surface area contributed by atoms with Gasteiger partial charge in [-0.2, -0.15) is 0 Å². The normalized spacial score (nSPS) is 14.2. The van der Waals surface area contributed by atoms with Crippen molar-refractivity contribution in [1.82, 2.24) is 15.5 Å². The van der Waals surface area contributed by atoms with Crippen LogP contribution in [0.4, 0.5) is 23.7 Å². The molecule has 1 saturated heterocycles. The van der Waals surface area contributed by atoms with E-state index in [1.165, 1.54) is 0 Å². The molecule has 0 unspecified atom stereocenters. The van der Waals surface area contributed by atoms with Crippen LogP contribution in [-0.2, 0) is 22.6 Å². The summed E-state index contributed by atoms with van der Waals surface area (Å²) in [4.78, 5) is 26.2. The van der Waals surface area contributed by atoms with E-state index in [1.807, 2.05) is 24.3 Å². The molecule has 1 heterocycles. The Morgan fingerprint density at radius 3 is 2.39 bits per heavy atom. The van der Waals surface area contributed by atoms with E-state index in [9.17, 15) is 22.8 Å². The monoisotopic (exact) mass is 436 g/mol. The number of rotatable bonds is 7. The Labute approximate surface area is 177 Å². The minimum Gasteiger partial charge on any atom is -0.379 e. The molecule has 3 N–H and O–H groups in total. The van der Waals surface area contributed by atoms with E-state index in [0.29, 0.717) is 19.3 Å². The van der Waals surface area contributed by atoms with Crippen LogP contribution in [0.5, 0.6) is 0 Å². The van der Waals surface area contributed by atoms with E-state index in [2.05, 4.69) is 20.9 Å². The van der Waals surface area contributed by atoms with Gasteiger partial charge in [0, 0.05) is 26.2 Å². The summed E-state index contributed by atoms with van der Waals surface area (Å²) in [7, 11) is 0. The molecule has 2 aromatic rings. The zero-order valence-electron chi connectivity index (χ0n) is 16.7. The largest absolute Gasteiger partial charge is 0.379 e. The lowest BCUT2D eigenvalue weighted by Gasteiger charge is -2.27. The van der Waals surface area contributed by atoms with Crippen LogP contribution >= 0.6 is 0 Å². The first-order chi connectivity index (χ1) is 14.9. The number of hydrogen-bond donors (Lipinski definition) is 3. The molecule has 1 aliphatic heterocycles. The second-order valence-electron chi connectivity index (χ2n) is 6.96. The van der Waals surface area contributed by atoms with Gasteiger partial charge in [0.25, 0.3) is 0 Å². The molecule has 0 aliphatic carbocycles. The van der Waals surface area contributed by atoms with Crippen LogP contribution in [0.25, 0.3) is 0 Å². The van der Waals surface area contributed by atoms with Gasteiger partial charge in [-0.05, 0) is 23.3 Å². The van der Waals surface area contributed by atoms with Gasteiger partial charge in [-0.15, -0.1) is 0 Å². The Balaban J connectivity index is 1.46. The maximum atomic E-state index is 13.6. The first-order valence-electron chi connectivity index (χ1n) is 9.76. The van der Waals surface area contributed by atoms with Gasteiger partial charge in [-0.25, -0.2) is 18.0 Å². The van der Waals surface area contributed by atoms with Crippen LogP contribution in [0.1, 0.15) is 11.1 Å². The first-order valence-corrected chi connectivity index (χ1v) is 9.76. The Kier molecular flexibility index (Phi) is 7.85. The fourth-order valence-electron chi connectivity index (χ4n) is 3.10. The Hall–Kier alpha value is -3.11. The highest BCUT2D eigenvalue weighted by Gasteiger charge is 2.16. The molecule has 1 aliphatic rings. The van der Waals surface area contributed by atoms with E-state index < -0.39 is 41.6 Å². The number of amides is 3. The fraction of sp³-hybridized carbons (Fsp3) is 0.333. The summed E-state index contributed by atoms with van der Waals surface area (Å²) in [6.07, 6.45) is 0. The molecule has 10 heteroatoms. The zero-order chi connectivity index (χ0) is 22.2. The van der Waals surface area contributed by atoms with Gasteiger partial charge in [0.2, 0.25) is 5.91 Å². The summed E-state index contributed by atoms with van der Waals surface area (Å²) in [5.74, 6) is -5.33. The van der Waals surface area contributed by atoms with E-state index in [0.717, 1.165) is 36.8 Å². The number of carbonyl (C=O) groups excluding carboxylic acids is 2. The maximum absolute atomic E-state index is 13.6. The molecule has 0 atom stereocenters. The quantitative estimate of drug-likeness (QED) is 0.582. The number of urea groups is 1. The smallest absolute Gasteiger partial charge is 0.315 e. The standard InChI is InChI=1S/C21H23F3N4O3/c22-16-5-6-17(20(24)19(16)23)27-18(29)12-26-21(30)25-11-14-3-1-2-4-15(14)13-28-7-9-31-10-8-28/h1-6H,7-13H2,(H,27,29)(H2,25,26,30). The molecule has 1 fully saturated rings. The highest BCUT2D eigenvalue weighted by atomic mass is 19.2. The van der Waals surface area contributed by atoms with Gasteiger partial charge >= 0.3 is 6.03 Å². The van der Waals surface area contributed by atoms with Crippen LogP contribution in [-0.4, -0.2) is 49.7 Å². The maximum Gasteiger partial charge on any atom is 0.315 e. The van der Waals surface area contributed by atoms with Crippen molar-refractivity contribution in [2.45, 2.75) is 13.1 Å². The number of anilines is 1. The fourth-order valence-corrected chi connectivity index (χ4v) is 3.10. The zero-order valence-corrected chi connectivity index (χ0v) is 16.7. The molecular formula is C21H23F3N4O3. The lowest BCUT2D eigenvalue weighted by Crippen LogP contribution is -2.40. The van der Waals surface area contributed by atoms with Crippen molar-refractivity contribution in [3.8, 4) is 0 Å². The predicted octanol–water partition coefficient (Wildman–Crippen LogP) is 2.37. The third-order valence-corrected chi connectivity index (χ3v) is 4.77. The van der Waals surface area contributed by atoms with Crippen LogP contribution < -0.4 is 16.0 Å². The molecule has 166 valence electrons. The second-order valence-corrected chi connectivity index (χ2v) is 6.96. The van der Waals surface area contributed by atoms with Crippen molar-refractivity contribution >= 4 is 17.6 Å². The van der Waals surface area contributed by atoms with Crippen molar-refractivity contribution in [1.29, 1.82) is 0 Å². The number of carbonyl (C=O) groups is 2. The van der Waals surface area contributed by atoms with Crippen LogP contribution in [0.3, 0.4) is 0 Å². The molecule has 0 aromatic heterocycles. The number of ether oxygens (including phenoxy) is 1. The minimum absolute atomic E-state index is 0.256. The van der Waals surface area contributed by atoms with Gasteiger partial charge < -0.3 is 20.7 Å². The number of benzene rings is 2. The van der Waals surface area contributed by atoms with Crippen molar-refractivity contribution in [2.24, 2.45) is 0 Å². The lowest BCUT2D eigenvalue weighted by atomic mass is 10.1. The highest BCUT2D eigenvalue weighted by Crippen LogP contribution is 2.19. The summed E-state index contributed by atoms with van der Waals surface area (Å²) in [6, 6.07) is 8.72. The van der Waals surface area contributed by atoms with E-state index in [-0.39, 0.29) is 6.54 Å². The van der Waals surface area contributed by atoms with E-state index in [1.54, 1.807) is 0 Å². The Bertz CT molecular complexity index is 936. The minimum atomic E-state index is -1.68. The first kappa shape index (κ1) is 22.6. The Morgan fingerprint density at radius 1 is 0.935 bits per heavy atom. The molecule has 3 amide bonds. The number of morpholine rings is 1. The van der Waals surface area contributed by atoms with Crippen molar-refractivity contribution < 1.29 is 27.5 Å². The molecule has 0 spiro atoms. The van der Waals surface area contributed by atoms with Gasteiger partial charge in [-0.3, -0.25) is 9.69 Å². The SMILES string of the molecule is O=C(CNC(=O)NCc1ccccc1CN1CCOCC1)Nc1ccc(F)c(F)c1F. The van der Waals surface area contributed by atoms with Crippen LogP contribution in [0.2, 0.25) is 0 Å². The number of halogens is 3. The summed E-state index contributed by atoms with van der Waals surface area (Å²) >= 11 is 0. The molecular weight excluding hydrogens is 413 g/mol. The number of hydrogen-bond acceptors (Lipinski definition) is 4. The van der Waals surface area contributed by atoms with Crippen molar-refractivity contribution in [2.75, 3.05) is 38.2 Å². The molecule has 7 nitrogen and oxygen atoms in total. The van der Waals surface area contributed by atoms with Crippen LogP contribution in [0.15, 0.2) is 36.4 Å². The molecule has 2 aromatic carbocycles. The average Bonchev–Trinajstić information content (AvgIpc) is 2.78. The van der Waals surface area contributed by atoms with Crippen LogP contribution in [0, 0.1) is 17.5 Å². The summed E-state index contributed by atoms with van der Waals surface area (Å²) in [5.41, 5.74) is 1.51. The van der Waals surface area contributed by atoms with E-state index in [4.69, 9.17) is 4.74 Å². The molecule has 0 saturated carbocycles. The predicted molar refractivity (Wildman–Crippen MR) is 108 cm³/mol. The number of nitrogens with zero attached hydrogens (tertiary/aromatic N) is 1. The number of nitrogens with one attached hydrogen (secondary N) is 3. The molecule has 0 radical (unpaired) electrons. The third-order valence-electron chi connectivity index (χ3n) is 4.77. The van der Waals surface area contributed by atoms with E-state index >= 15 is 0 Å². The second kappa shape index (κ2) is 10.8. The van der Waals surface area contributed by atoms with Gasteiger partial charge in [0.1, 0.15) is 0 Å². The molecule has 0 bridgehead atoms. The average molecular weight is 436 g/mol. The van der Waals surface area contributed by atoms with Gasteiger partial charge in [-0.1, -0.05) is 24.3 Å². The summed E-state index contributed by atoms with van der Waals surface area (Å²) in [6.45, 7) is 3.60. The third kappa shape index (κ3) is 6.43.